The van der Waals surface area contributed by atoms with Crippen LogP contribution in [0.25, 0.3) is 0 Å². The van der Waals surface area contributed by atoms with Gasteiger partial charge in [-0.25, -0.2) is 12.7 Å². The summed E-state index contributed by atoms with van der Waals surface area (Å²) in [7, 11) is -4.24. The van der Waals surface area contributed by atoms with Gasteiger partial charge in [0.05, 0.1) is 15.6 Å². The predicted octanol–water partition coefficient (Wildman–Crippen LogP) is 5.23. The number of rotatable bonds is 9. The molecule has 5 rings (SSSR count). The van der Waals surface area contributed by atoms with Gasteiger partial charge in [0.2, 0.25) is 11.8 Å². The molecule has 0 radical (unpaired) electrons. The molecule has 0 spiro atoms. The molecular formula is C31H31Cl2N3O5S. The SMILES string of the molecule is O=C(NC1CCCCC1)[C@H](Cc1ccccc1)N(Cc1ccc(Cl)c(Cl)c1)C(=O)CN1C(=O)c2ccccc2S1(=O)=O. The molecular weight excluding hydrogens is 597 g/mol. The van der Waals surface area contributed by atoms with Gasteiger partial charge in [-0.15, -0.1) is 0 Å². The number of hydrogen-bond donors (Lipinski definition) is 1. The molecule has 1 N–H and O–H groups in total. The molecule has 3 aromatic carbocycles. The van der Waals surface area contributed by atoms with Gasteiger partial charge >= 0.3 is 0 Å². The number of nitrogens with one attached hydrogen (secondary N) is 1. The maximum Gasteiger partial charge on any atom is 0.269 e. The van der Waals surface area contributed by atoms with Crippen LogP contribution in [0, 0.1) is 0 Å². The lowest BCUT2D eigenvalue weighted by Gasteiger charge is -2.34. The number of nitrogens with zero attached hydrogens (tertiary/aromatic N) is 2. The van der Waals surface area contributed by atoms with E-state index >= 15 is 0 Å². The second-order valence-electron chi connectivity index (χ2n) is 10.6. The zero-order valence-corrected chi connectivity index (χ0v) is 25.2. The molecule has 0 aromatic heterocycles. The molecule has 1 heterocycles. The number of halogens is 2. The zero-order valence-electron chi connectivity index (χ0n) is 22.8. The minimum atomic E-state index is -4.24. The van der Waals surface area contributed by atoms with Gasteiger partial charge in [0, 0.05) is 19.0 Å². The molecule has 0 saturated heterocycles. The Kier molecular flexibility index (Phi) is 9.20. The van der Waals surface area contributed by atoms with Crippen molar-refractivity contribution in [3.05, 3.63) is 99.5 Å². The summed E-state index contributed by atoms with van der Waals surface area (Å²) in [6, 6.07) is 19.1. The summed E-state index contributed by atoms with van der Waals surface area (Å²) in [5.74, 6) is -1.80. The summed E-state index contributed by atoms with van der Waals surface area (Å²) in [4.78, 5) is 42.4. The summed E-state index contributed by atoms with van der Waals surface area (Å²) in [6.07, 6.45) is 5.02. The number of amides is 3. The molecule has 1 saturated carbocycles. The number of fused-ring (bicyclic) bond motifs is 1. The third-order valence-corrected chi connectivity index (χ3v) is 10.3. The van der Waals surface area contributed by atoms with E-state index in [9.17, 15) is 22.8 Å². The first kappa shape index (κ1) is 30.1. The van der Waals surface area contributed by atoms with E-state index in [1.54, 1.807) is 24.3 Å². The van der Waals surface area contributed by atoms with Gasteiger partial charge in [-0.2, -0.15) is 0 Å². The largest absolute Gasteiger partial charge is 0.352 e. The molecule has 1 aliphatic carbocycles. The Morgan fingerprint density at radius 2 is 1.60 bits per heavy atom. The fourth-order valence-corrected chi connectivity index (χ4v) is 7.37. The molecule has 8 nitrogen and oxygen atoms in total. The van der Waals surface area contributed by atoms with E-state index in [1.165, 1.54) is 23.1 Å². The standard InChI is InChI=1S/C31H31Cl2N3O5S/c32-25-16-15-22(17-26(25)33)19-35(29(37)20-36-31(39)24-13-7-8-14-28(24)42(36,40)41)27(18-21-9-3-1-4-10-21)30(38)34-23-11-5-2-6-12-23/h1,3-4,7-10,13-17,23,27H,2,5-6,11-12,18-20H2,(H,34,38)/t27-/m0/s1. The fourth-order valence-electron chi connectivity index (χ4n) is 5.53. The Hall–Kier alpha value is -3.40. The molecule has 1 aliphatic heterocycles. The smallest absolute Gasteiger partial charge is 0.269 e. The van der Waals surface area contributed by atoms with E-state index in [2.05, 4.69) is 5.32 Å². The fraction of sp³-hybridized carbons (Fsp3) is 0.323. The van der Waals surface area contributed by atoms with Crippen LogP contribution in [0.15, 0.2) is 77.7 Å². The zero-order chi connectivity index (χ0) is 29.9. The van der Waals surface area contributed by atoms with Gasteiger partial charge in [0.25, 0.3) is 15.9 Å². The van der Waals surface area contributed by atoms with Crippen LogP contribution in [-0.4, -0.2) is 54.0 Å². The van der Waals surface area contributed by atoms with Crippen LogP contribution in [0.1, 0.15) is 53.6 Å². The summed E-state index contributed by atoms with van der Waals surface area (Å²) in [5, 5.41) is 3.75. The first-order valence-corrected chi connectivity index (χ1v) is 16.1. The highest BCUT2D eigenvalue weighted by Crippen LogP contribution is 2.31. The third-order valence-electron chi connectivity index (χ3n) is 7.75. The van der Waals surface area contributed by atoms with Crippen LogP contribution in [0.5, 0.6) is 0 Å². The molecule has 0 unspecified atom stereocenters. The van der Waals surface area contributed by atoms with E-state index in [1.807, 2.05) is 30.3 Å². The predicted molar refractivity (Wildman–Crippen MR) is 161 cm³/mol. The molecule has 220 valence electrons. The molecule has 1 atom stereocenters. The van der Waals surface area contributed by atoms with Crippen molar-refractivity contribution in [2.24, 2.45) is 0 Å². The van der Waals surface area contributed by atoms with Crippen molar-refractivity contribution >= 4 is 50.9 Å². The molecule has 11 heteroatoms. The summed E-state index contributed by atoms with van der Waals surface area (Å²) >= 11 is 12.4. The van der Waals surface area contributed by atoms with Crippen molar-refractivity contribution in [2.75, 3.05) is 6.54 Å². The topological polar surface area (TPSA) is 104 Å². The first-order valence-electron chi connectivity index (χ1n) is 13.9. The maximum absolute atomic E-state index is 14.1. The van der Waals surface area contributed by atoms with Crippen molar-refractivity contribution < 1.29 is 22.8 Å². The van der Waals surface area contributed by atoms with Gasteiger partial charge < -0.3 is 10.2 Å². The molecule has 42 heavy (non-hydrogen) atoms. The lowest BCUT2D eigenvalue weighted by molar-refractivity contribution is -0.141. The first-order chi connectivity index (χ1) is 20.1. The molecule has 2 aliphatic rings. The van der Waals surface area contributed by atoms with Crippen molar-refractivity contribution in [3.63, 3.8) is 0 Å². The molecule has 0 bridgehead atoms. The van der Waals surface area contributed by atoms with Gasteiger partial charge in [-0.3, -0.25) is 14.4 Å². The van der Waals surface area contributed by atoms with Crippen LogP contribution < -0.4 is 5.32 Å². The van der Waals surface area contributed by atoms with Gasteiger partial charge in [-0.1, -0.05) is 91.0 Å². The lowest BCUT2D eigenvalue weighted by Crippen LogP contribution is -2.55. The third kappa shape index (κ3) is 6.48. The van der Waals surface area contributed by atoms with E-state index in [-0.39, 0.29) is 40.4 Å². The van der Waals surface area contributed by atoms with Crippen LogP contribution in [-0.2, 0) is 32.6 Å². The second-order valence-corrected chi connectivity index (χ2v) is 13.3. The minimum Gasteiger partial charge on any atom is -0.352 e. The summed E-state index contributed by atoms with van der Waals surface area (Å²) in [5.41, 5.74) is 1.43. The minimum absolute atomic E-state index is 0.0113. The van der Waals surface area contributed by atoms with Crippen LogP contribution in [0.2, 0.25) is 10.0 Å². The average molecular weight is 629 g/mol. The normalized spacial score (nSPS) is 17.0. The van der Waals surface area contributed by atoms with E-state index < -0.39 is 34.4 Å². The van der Waals surface area contributed by atoms with Crippen molar-refractivity contribution in [3.8, 4) is 0 Å². The van der Waals surface area contributed by atoms with Gasteiger partial charge in [-0.05, 0) is 48.2 Å². The van der Waals surface area contributed by atoms with Crippen molar-refractivity contribution in [1.82, 2.24) is 14.5 Å². The lowest BCUT2D eigenvalue weighted by atomic mass is 9.94. The highest BCUT2D eigenvalue weighted by atomic mass is 35.5. The van der Waals surface area contributed by atoms with E-state index in [0.717, 1.165) is 37.7 Å². The Bertz CT molecular complexity index is 1590. The van der Waals surface area contributed by atoms with Gasteiger partial charge in [0.15, 0.2) is 0 Å². The van der Waals surface area contributed by atoms with Crippen molar-refractivity contribution in [1.29, 1.82) is 0 Å². The Morgan fingerprint density at radius 1 is 0.905 bits per heavy atom. The number of carbonyl (C=O) groups is 3. The number of carbonyl (C=O) groups excluding carboxylic acids is 3. The second kappa shape index (κ2) is 12.9. The number of hydrogen-bond acceptors (Lipinski definition) is 5. The van der Waals surface area contributed by atoms with E-state index in [4.69, 9.17) is 23.2 Å². The summed E-state index contributed by atoms with van der Waals surface area (Å²) in [6.45, 7) is -0.806. The van der Waals surface area contributed by atoms with E-state index in [0.29, 0.717) is 14.9 Å². The highest BCUT2D eigenvalue weighted by Gasteiger charge is 2.43. The van der Waals surface area contributed by atoms with Crippen LogP contribution in [0.4, 0.5) is 0 Å². The van der Waals surface area contributed by atoms with Crippen molar-refractivity contribution in [2.45, 2.75) is 62.0 Å². The van der Waals surface area contributed by atoms with Crippen LogP contribution >= 0.6 is 23.2 Å². The van der Waals surface area contributed by atoms with Crippen LogP contribution in [0.3, 0.4) is 0 Å². The number of sulfonamides is 1. The molecule has 3 aromatic rings. The maximum atomic E-state index is 14.1. The molecule has 1 fully saturated rings. The Labute approximate surface area is 255 Å². The van der Waals surface area contributed by atoms with Gasteiger partial charge in [0.1, 0.15) is 17.5 Å². The number of benzene rings is 3. The summed E-state index contributed by atoms with van der Waals surface area (Å²) < 4.78 is 27.1. The highest BCUT2D eigenvalue weighted by molar-refractivity contribution is 7.90. The Morgan fingerprint density at radius 3 is 2.29 bits per heavy atom. The molecule has 3 amide bonds. The monoisotopic (exact) mass is 627 g/mol. The average Bonchev–Trinajstić information content (AvgIpc) is 3.18. The quantitative estimate of drug-likeness (QED) is 0.350. The Balaban J connectivity index is 1.50.